The number of aromatic nitrogens is 2. The number of nitrogens with zero attached hydrogens (tertiary/aromatic N) is 3. The minimum atomic E-state index is -0.523. The normalized spacial score (nSPS) is 16.2. The van der Waals surface area contributed by atoms with Crippen molar-refractivity contribution in [3.63, 3.8) is 0 Å². The van der Waals surface area contributed by atoms with Crippen molar-refractivity contribution in [1.82, 2.24) is 14.9 Å². The fourth-order valence-corrected chi connectivity index (χ4v) is 3.36. The molecule has 1 aromatic heterocycles. The fourth-order valence-electron chi connectivity index (χ4n) is 3.36. The van der Waals surface area contributed by atoms with Gasteiger partial charge in [-0.2, -0.15) is 0 Å². The second-order valence-corrected chi connectivity index (χ2v) is 7.12. The zero-order valence-electron chi connectivity index (χ0n) is 16.0. The van der Waals surface area contributed by atoms with Crippen LogP contribution in [0.4, 0.5) is 0 Å². The third-order valence-corrected chi connectivity index (χ3v) is 4.94. The van der Waals surface area contributed by atoms with E-state index in [1.807, 2.05) is 37.5 Å². The summed E-state index contributed by atoms with van der Waals surface area (Å²) >= 11 is 0. The zero-order valence-corrected chi connectivity index (χ0v) is 16.0. The zero-order chi connectivity index (χ0) is 19.3. The van der Waals surface area contributed by atoms with E-state index in [1.165, 1.54) is 0 Å². The van der Waals surface area contributed by atoms with Crippen LogP contribution in [0.2, 0.25) is 0 Å². The second-order valence-electron chi connectivity index (χ2n) is 7.12. The first kappa shape index (κ1) is 18.8. The van der Waals surface area contributed by atoms with Crippen molar-refractivity contribution >= 4 is 10.8 Å². The van der Waals surface area contributed by atoms with Gasteiger partial charge in [0.05, 0.1) is 13.2 Å². The summed E-state index contributed by atoms with van der Waals surface area (Å²) in [7, 11) is 0. The van der Waals surface area contributed by atoms with Crippen molar-refractivity contribution < 1.29 is 14.6 Å². The van der Waals surface area contributed by atoms with Crippen LogP contribution in [-0.4, -0.2) is 65.5 Å². The number of hydrogen-bond donors (Lipinski definition) is 1. The Morgan fingerprint density at radius 3 is 2.57 bits per heavy atom. The van der Waals surface area contributed by atoms with Gasteiger partial charge < -0.3 is 14.6 Å². The van der Waals surface area contributed by atoms with Crippen LogP contribution < -0.4 is 4.74 Å². The molecule has 3 aromatic rings. The molecule has 0 saturated carbocycles. The quantitative estimate of drug-likeness (QED) is 0.710. The van der Waals surface area contributed by atoms with Gasteiger partial charge in [0, 0.05) is 37.6 Å². The van der Waals surface area contributed by atoms with Crippen LogP contribution in [0.1, 0.15) is 5.82 Å². The molecule has 6 nitrogen and oxygen atoms in total. The predicted octanol–water partition coefficient (Wildman–Crippen LogP) is 2.68. The Kier molecular flexibility index (Phi) is 5.81. The van der Waals surface area contributed by atoms with E-state index in [-0.39, 0.29) is 6.61 Å². The van der Waals surface area contributed by atoms with E-state index in [1.54, 1.807) is 0 Å². The summed E-state index contributed by atoms with van der Waals surface area (Å²) in [5, 5.41) is 12.5. The third-order valence-electron chi connectivity index (χ3n) is 4.94. The number of β-amino-alcohol motifs (C(OH)–C–C–N with tert-alkyl or cyclic N) is 1. The molecule has 1 unspecified atom stereocenters. The van der Waals surface area contributed by atoms with E-state index < -0.39 is 6.10 Å². The van der Waals surface area contributed by atoms with Gasteiger partial charge in [0.1, 0.15) is 24.3 Å². The third kappa shape index (κ3) is 4.65. The number of rotatable bonds is 6. The Bertz CT molecular complexity index is 924. The van der Waals surface area contributed by atoms with Gasteiger partial charge in [-0.15, -0.1) is 0 Å². The highest BCUT2D eigenvalue weighted by Gasteiger charge is 2.15. The Balaban J connectivity index is 1.43. The summed E-state index contributed by atoms with van der Waals surface area (Å²) in [5.74, 6) is 1.52. The molecule has 2 aromatic carbocycles. The Labute approximate surface area is 164 Å². The fraction of sp³-hybridized carbons (Fsp3) is 0.364. The number of ether oxygens (including phenoxy) is 2. The molecule has 1 aliphatic rings. The first-order valence-corrected chi connectivity index (χ1v) is 9.61. The lowest BCUT2D eigenvalue weighted by Gasteiger charge is -2.28. The minimum Gasteiger partial charge on any atom is -0.491 e. The number of aryl methyl sites for hydroxylation is 1. The van der Waals surface area contributed by atoms with Crippen LogP contribution in [0, 0.1) is 6.92 Å². The van der Waals surface area contributed by atoms with E-state index in [2.05, 4.69) is 33.1 Å². The van der Waals surface area contributed by atoms with E-state index in [9.17, 15) is 5.11 Å². The SMILES string of the molecule is Cc1ncc(-c2ccc3ccc(OCC(O)CN4CCOCC4)cc3c2)cn1. The topological polar surface area (TPSA) is 67.7 Å². The summed E-state index contributed by atoms with van der Waals surface area (Å²) in [6.45, 7) is 5.93. The molecule has 4 rings (SSSR count). The lowest BCUT2D eigenvalue weighted by molar-refractivity contribution is 0.00467. The van der Waals surface area contributed by atoms with Crippen LogP contribution in [0.15, 0.2) is 48.8 Å². The molecule has 1 atom stereocenters. The Morgan fingerprint density at radius 1 is 1.04 bits per heavy atom. The minimum absolute atomic E-state index is 0.272. The monoisotopic (exact) mass is 379 g/mol. The van der Waals surface area contributed by atoms with Crippen molar-refractivity contribution in [3.05, 3.63) is 54.6 Å². The number of benzene rings is 2. The van der Waals surface area contributed by atoms with Crippen molar-refractivity contribution in [1.29, 1.82) is 0 Å². The molecular formula is C22H25N3O3. The highest BCUT2D eigenvalue weighted by atomic mass is 16.5. The van der Waals surface area contributed by atoms with Gasteiger partial charge >= 0.3 is 0 Å². The molecular weight excluding hydrogens is 354 g/mol. The largest absolute Gasteiger partial charge is 0.491 e. The second kappa shape index (κ2) is 8.65. The summed E-state index contributed by atoms with van der Waals surface area (Å²) in [6.07, 6.45) is 3.15. The molecule has 1 fully saturated rings. The van der Waals surface area contributed by atoms with Crippen LogP contribution in [0.25, 0.3) is 21.9 Å². The molecule has 2 heterocycles. The van der Waals surface area contributed by atoms with Gasteiger partial charge in [-0.25, -0.2) is 9.97 Å². The molecule has 0 amide bonds. The van der Waals surface area contributed by atoms with Crippen LogP contribution in [0.3, 0.4) is 0 Å². The maximum absolute atomic E-state index is 10.3. The number of fused-ring (bicyclic) bond motifs is 1. The summed E-state index contributed by atoms with van der Waals surface area (Å²) in [5.41, 5.74) is 2.05. The smallest absolute Gasteiger partial charge is 0.125 e. The molecule has 1 N–H and O–H groups in total. The van der Waals surface area contributed by atoms with Crippen molar-refractivity contribution in [2.24, 2.45) is 0 Å². The maximum atomic E-state index is 10.3. The molecule has 28 heavy (non-hydrogen) atoms. The van der Waals surface area contributed by atoms with Gasteiger partial charge in [-0.1, -0.05) is 18.2 Å². The lowest BCUT2D eigenvalue weighted by atomic mass is 10.0. The molecule has 0 bridgehead atoms. The number of aliphatic hydroxyl groups is 1. The number of hydrogen-bond acceptors (Lipinski definition) is 6. The van der Waals surface area contributed by atoms with Gasteiger partial charge in [0.25, 0.3) is 0 Å². The number of morpholine rings is 1. The maximum Gasteiger partial charge on any atom is 0.125 e. The Hall–Kier alpha value is -2.54. The van der Waals surface area contributed by atoms with E-state index in [4.69, 9.17) is 9.47 Å². The average molecular weight is 379 g/mol. The summed E-state index contributed by atoms with van der Waals surface area (Å²) < 4.78 is 11.2. The first-order chi connectivity index (χ1) is 13.7. The van der Waals surface area contributed by atoms with E-state index in [0.29, 0.717) is 6.54 Å². The van der Waals surface area contributed by atoms with Gasteiger partial charge in [0.2, 0.25) is 0 Å². The van der Waals surface area contributed by atoms with Crippen LogP contribution in [-0.2, 0) is 4.74 Å². The predicted molar refractivity (Wildman–Crippen MR) is 108 cm³/mol. The van der Waals surface area contributed by atoms with Gasteiger partial charge in [-0.05, 0) is 41.5 Å². The van der Waals surface area contributed by atoms with Crippen LogP contribution >= 0.6 is 0 Å². The molecule has 0 radical (unpaired) electrons. The molecule has 0 aliphatic carbocycles. The molecule has 6 heteroatoms. The first-order valence-electron chi connectivity index (χ1n) is 9.61. The molecule has 146 valence electrons. The van der Waals surface area contributed by atoms with Gasteiger partial charge in [0.15, 0.2) is 0 Å². The van der Waals surface area contributed by atoms with Gasteiger partial charge in [-0.3, -0.25) is 4.90 Å². The summed E-state index contributed by atoms with van der Waals surface area (Å²) in [4.78, 5) is 10.8. The van der Waals surface area contributed by atoms with Crippen LogP contribution in [0.5, 0.6) is 5.75 Å². The highest BCUT2D eigenvalue weighted by Crippen LogP contribution is 2.26. The number of aliphatic hydroxyl groups excluding tert-OH is 1. The molecule has 1 aliphatic heterocycles. The van der Waals surface area contributed by atoms with E-state index >= 15 is 0 Å². The summed E-state index contributed by atoms with van der Waals surface area (Å²) in [6, 6.07) is 12.3. The van der Waals surface area contributed by atoms with Crippen molar-refractivity contribution in [3.8, 4) is 16.9 Å². The average Bonchev–Trinajstić information content (AvgIpc) is 2.73. The van der Waals surface area contributed by atoms with Crippen molar-refractivity contribution in [2.45, 2.75) is 13.0 Å². The molecule has 1 saturated heterocycles. The standard InChI is InChI=1S/C22H25N3O3/c1-16-23-12-20(13-24-16)18-3-2-17-4-5-22(11-19(17)10-18)28-15-21(26)14-25-6-8-27-9-7-25/h2-5,10-13,21,26H,6-9,14-15H2,1H3. The van der Waals surface area contributed by atoms with Crippen molar-refractivity contribution in [2.75, 3.05) is 39.5 Å². The highest BCUT2D eigenvalue weighted by molar-refractivity contribution is 5.88. The molecule has 0 spiro atoms. The van der Waals surface area contributed by atoms with E-state index in [0.717, 1.165) is 59.8 Å². The Morgan fingerprint density at radius 2 is 1.79 bits per heavy atom. The lowest BCUT2D eigenvalue weighted by Crippen LogP contribution is -2.42.